The van der Waals surface area contributed by atoms with Gasteiger partial charge in [-0.15, -0.1) is 0 Å². The zero-order valence-corrected chi connectivity index (χ0v) is 13.1. The summed E-state index contributed by atoms with van der Waals surface area (Å²) in [6.07, 6.45) is 2.24. The van der Waals surface area contributed by atoms with E-state index < -0.39 is 0 Å². The van der Waals surface area contributed by atoms with Gasteiger partial charge in [0.25, 0.3) is 0 Å². The zero-order chi connectivity index (χ0) is 14.1. The molecule has 3 rings (SSSR count). The van der Waals surface area contributed by atoms with Crippen molar-refractivity contribution in [2.24, 2.45) is 0 Å². The number of hydrogen-bond donors (Lipinski definition) is 0. The van der Waals surface area contributed by atoms with Gasteiger partial charge in [0.2, 0.25) is 0 Å². The van der Waals surface area contributed by atoms with Crippen LogP contribution in [0.5, 0.6) is 5.75 Å². The summed E-state index contributed by atoms with van der Waals surface area (Å²) in [5.74, 6) is 1.85. The van der Waals surface area contributed by atoms with E-state index in [1.807, 2.05) is 38.1 Å². The Kier molecular flexibility index (Phi) is 3.57. The van der Waals surface area contributed by atoms with E-state index in [0.29, 0.717) is 6.54 Å². The average Bonchev–Trinajstić information content (AvgIpc) is 2.97. The number of nitrogens with zero attached hydrogens (tertiary/aromatic N) is 1. The van der Waals surface area contributed by atoms with Gasteiger partial charge in [0, 0.05) is 11.6 Å². The van der Waals surface area contributed by atoms with Crippen LogP contribution in [0, 0.1) is 0 Å². The number of aromatic nitrogens is 1. The van der Waals surface area contributed by atoms with Crippen molar-refractivity contribution < 1.29 is 9.15 Å². The Balaban J connectivity index is 1.97. The number of furan rings is 1. The molecule has 2 heterocycles. The zero-order valence-electron chi connectivity index (χ0n) is 11.5. The first-order chi connectivity index (χ1) is 9.63. The molecule has 0 radical (unpaired) electrons. The van der Waals surface area contributed by atoms with E-state index in [9.17, 15) is 0 Å². The van der Waals surface area contributed by atoms with E-state index in [1.165, 1.54) is 0 Å². The summed E-state index contributed by atoms with van der Waals surface area (Å²) in [6, 6.07) is 12.1. The Morgan fingerprint density at radius 1 is 1.20 bits per heavy atom. The molecule has 104 valence electrons. The Morgan fingerprint density at radius 2 is 2.05 bits per heavy atom. The summed E-state index contributed by atoms with van der Waals surface area (Å²) in [5.41, 5.74) is 1.15. The minimum absolute atomic E-state index is 0.171. The van der Waals surface area contributed by atoms with Gasteiger partial charge >= 0.3 is 0 Å². The second kappa shape index (κ2) is 5.37. The molecule has 0 aliphatic carbocycles. The highest BCUT2D eigenvalue weighted by atomic mass is 79.9. The Morgan fingerprint density at radius 3 is 2.75 bits per heavy atom. The molecule has 2 aromatic heterocycles. The maximum Gasteiger partial charge on any atom is 0.169 e. The third-order valence-electron chi connectivity index (χ3n) is 3.09. The van der Waals surface area contributed by atoms with Gasteiger partial charge in [-0.3, -0.25) is 0 Å². The third-order valence-corrected chi connectivity index (χ3v) is 3.52. The van der Waals surface area contributed by atoms with Crippen molar-refractivity contribution in [2.45, 2.75) is 26.5 Å². The van der Waals surface area contributed by atoms with Crippen molar-refractivity contribution >= 4 is 26.8 Å². The highest BCUT2D eigenvalue weighted by molar-refractivity contribution is 9.10. The lowest BCUT2D eigenvalue weighted by Crippen LogP contribution is -2.05. The summed E-state index contributed by atoms with van der Waals surface area (Å²) in [5, 5.41) is 1.13. The molecule has 0 aliphatic heterocycles. The molecular weight excluding hydrogens is 318 g/mol. The fraction of sp³-hybridized carbons (Fsp3) is 0.250. The number of benzene rings is 1. The minimum Gasteiger partial charge on any atom is -0.490 e. The first kappa shape index (κ1) is 13.3. The molecule has 0 saturated carbocycles. The maximum atomic E-state index is 5.85. The second-order valence-electron chi connectivity index (χ2n) is 5.01. The van der Waals surface area contributed by atoms with Crippen LogP contribution in [-0.4, -0.2) is 10.7 Å². The topological polar surface area (TPSA) is 27.3 Å². The highest BCUT2D eigenvalue weighted by Crippen LogP contribution is 2.28. The smallest absolute Gasteiger partial charge is 0.169 e. The molecule has 0 aliphatic rings. The van der Waals surface area contributed by atoms with Gasteiger partial charge in [-0.05, 0) is 60.1 Å². The number of halogens is 1. The number of hydrogen-bond acceptors (Lipinski definition) is 2. The van der Waals surface area contributed by atoms with Crippen molar-refractivity contribution in [3.8, 4) is 5.75 Å². The van der Waals surface area contributed by atoms with E-state index in [1.54, 1.807) is 0 Å². The lowest BCUT2D eigenvalue weighted by molar-refractivity contribution is 0.245. The molecule has 3 nitrogen and oxygen atoms in total. The molecule has 0 fully saturated rings. The summed E-state index contributed by atoms with van der Waals surface area (Å²) in [6.45, 7) is 4.78. The quantitative estimate of drug-likeness (QED) is 0.683. The summed E-state index contributed by atoms with van der Waals surface area (Å²) in [4.78, 5) is 0. The average molecular weight is 334 g/mol. The lowest BCUT2D eigenvalue weighted by atomic mass is 10.2. The third kappa shape index (κ3) is 2.61. The van der Waals surface area contributed by atoms with Crippen LogP contribution in [0.2, 0.25) is 0 Å². The molecule has 0 atom stereocenters. The van der Waals surface area contributed by atoms with Crippen LogP contribution < -0.4 is 4.74 Å². The molecule has 0 bridgehead atoms. The van der Waals surface area contributed by atoms with Gasteiger partial charge in [0.1, 0.15) is 11.5 Å². The normalized spacial score (nSPS) is 11.4. The summed E-state index contributed by atoms with van der Waals surface area (Å²) >= 11 is 3.33. The van der Waals surface area contributed by atoms with Crippen LogP contribution in [0.15, 0.2) is 51.7 Å². The van der Waals surface area contributed by atoms with E-state index in [2.05, 4.69) is 38.8 Å². The molecule has 0 unspecified atom stereocenters. The monoisotopic (exact) mass is 333 g/mol. The fourth-order valence-corrected chi connectivity index (χ4v) is 2.63. The number of fused-ring (bicyclic) bond motifs is 1. The first-order valence-corrected chi connectivity index (χ1v) is 7.41. The van der Waals surface area contributed by atoms with Gasteiger partial charge in [0.15, 0.2) is 4.67 Å². The Bertz CT molecular complexity index is 727. The molecule has 0 spiro atoms. The van der Waals surface area contributed by atoms with Crippen molar-refractivity contribution in [3.63, 3.8) is 0 Å². The van der Waals surface area contributed by atoms with Crippen LogP contribution in [0.4, 0.5) is 0 Å². The molecule has 4 heteroatoms. The van der Waals surface area contributed by atoms with Gasteiger partial charge < -0.3 is 13.7 Å². The van der Waals surface area contributed by atoms with E-state index >= 15 is 0 Å². The van der Waals surface area contributed by atoms with Crippen molar-refractivity contribution in [1.82, 2.24) is 4.57 Å². The second-order valence-corrected chi connectivity index (χ2v) is 5.79. The molecule has 1 aromatic carbocycles. The summed E-state index contributed by atoms with van der Waals surface area (Å²) < 4.78 is 14.3. The fourth-order valence-electron chi connectivity index (χ4n) is 2.29. The van der Waals surface area contributed by atoms with Crippen LogP contribution in [0.1, 0.15) is 19.6 Å². The Labute approximate surface area is 126 Å². The van der Waals surface area contributed by atoms with E-state index in [0.717, 1.165) is 27.1 Å². The maximum absolute atomic E-state index is 5.85. The SMILES string of the molecule is CC(C)Oc1cccc2c1ccn2Cc1ccc(Br)o1. The summed E-state index contributed by atoms with van der Waals surface area (Å²) in [7, 11) is 0. The van der Waals surface area contributed by atoms with E-state index in [4.69, 9.17) is 9.15 Å². The predicted molar refractivity (Wildman–Crippen MR) is 83.2 cm³/mol. The van der Waals surface area contributed by atoms with Crippen LogP contribution in [-0.2, 0) is 6.54 Å². The molecule has 0 N–H and O–H groups in total. The first-order valence-electron chi connectivity index (χ1n) is 6.62. The lowest BCUT2D eigenvalue weighted by Gasteiger charge is -2.11. The predicted octanol–water partition coefficient (Wildman–Crippen LogP) is 4.83. The van der Waals surface area contributed by atoms with Crippen LogP contribution in [0.3, 0.4) is 0 Å². The molecule has 20 heavy (non-hydrogen) atoms. The molecule has 0 amide bonds. The van der Waals surface area contributed by atoms with Gasteiger partial charge in [-0.25, -0.2) is 0 Å². The number of rotatable bonds is 4. The van der Waals surface area contributed by atoms with Crippen molar-refractivity contribution in [2.75, 3.05) is 0 Å². The molecular formula is C16H16BrNO2. The largest absolute Gasteiger partial charge is 0.490 e. The Hall–Kier alpha value is -1.68. The van der Waals surface area contributed by atoms with Gasteiger partial charge in [-0.1, -0.05) is 6.07 Å². The minimum atomic E-state index is 0.171. The molecule has 0 saturated heterocycles. The van der Waals surface area contributed by atoms with Crippen LogP contribution in [0.25, 0.3) is 10.9 Å². The van der Waals surface area contributed by atoms with Crippen LogP contribution >= 0.6 is 15.9 Å². The highest BCUT2D eigenvalue weighted by Gasteiger charge is 2.09. The molecule has 3 aromatic rings. The standard InChI is InChI=1S/C16H16BrNO2/c1-11(2)19-15-5-3-4-14-13(15)8-9-18(14)10-12-6-7-16(17)20-12/h3-9,11H,10H2,1-2H3. The number of ether oxygens (including phenoxy) is 1. The van der Waals surface area contributed by atoms with Crippen molar-refractivity contribution in [3.05, 3.63) is 53.0 Å². The van der Waals surface area contributed by atoms with Crippen molar-refractivity contribution in [1.29, 1.82) is 0 Å². The van der Waals surface area contributed by atoms with Gasteiger partial charge in [-0.2, -0.15) is 0 Å². The van der Waals surface area contributed by atoms with E-state index in [-0.39, 0.29) is 6.10 Å². The van der Waals surface area contributed by atoms with Gasteiger partial charge in [0.05, 0.1) is 18.2 Å².